The van der Waals surface area contributed by atoms with Gasteiger partial charge in [-0.1, -0.05) is 0 Å². The predicted octanol–water partition coefficient (Wildman–Crippen LogP) is 4.62. The van der Waals surface area contributed by atoms with Gasteiger partial charge in [-0.15, -0.1) is 0 Å². The van der Waals surface area contributed by atoms with Crippen molar-refractivity contribution in [1.82, 2.24) is 14.9 Å². The lowest BCUT2D eigenvalue weighted by atomic mass is 9.60. The zero-order chi connectivity index (χ0) is 26.4. The third-order valence-corrected chi connectivity index (χ3v) is 11.4. The van der Waals surface area contributed by atoms with Gasteiger partial charge in [0.1, 0.15) is 5.82 Å². The number of hydrogen-bond donors (Lipinski definition) is 1. The molecule has 0 bridgehead atoms. The molecule has 1 saturated heterocycles. The number of nitrogens with zero attached hydrogens (tertiary/aromatic N) is 4. The van der Waals surface area contributed by atoms with Gasteiger partial charge in [0, 0.05) is 39.0 Å². The number of aromatic nitrogens is 2. The highest BCUT2D eigenvalue weighted by Gasteiger charge is 2.63. The van der Waals surface area contributed by atoms with Gasteiger partial charge in [0.25, 0.3) is 5.92 Å². The van der Waals surface area contributed by atoms with E-state index < -0.39 is 27.6 Å². The lowest BCUT2D eigenvalue weighted by Gasteiger charge is -2.55. The quantitative estimate of drug-likeness (QED) is 0.575. The molecule has 0 radical (unpaired) electrons. The molecule has 2 spiro atoms. The summed E-state index contributed by atoms with van der Waals surface area (Å²) in [5.74, 6) is -0.883. The van der Waals surface area contributed by atoms with Gasteiger partial charge in [-0.25, -0.2) is 13.8 Å². The number of likely N-dealkylation sites (tertiary alicyclic amines) is 1. The van der Waals surface area contributed by atoms with Crippen molar-refractivity contribution in [3.05, 3.63) is 36.0 Å². The first-order chi connectivity index (χ1) is 18.1. The van der Waals surface area contributed by atoms with E-state index in [0.29, 0.717) is 42.6 Å². The van der Waals surface area contributed by atoms with E-state index in [-0.39, 0.29) is 23.7 Å². The van der Waals surface area contributed by atoms with E-state index in [1.165, 1.54) is 0 Å². The Balaban J connectivity index is 1.04. The maximum Gasteiger partial charge on any atom is 0.266 e. The van der Waals surface area contributed by atoms with Crippen LogP contribution in [0.1, 0.15) is 57.4 Å². The lowest BCUT2D eigenvalue weighted by molar-refractivity contribution is -0.196. The van der Waals surface area contributed by atoms with Crippen LogP contribution < -0.4 is 10.2 Å². The number of fused-ring (bicyclic) bond motifs is 2. The maximum atomic E-state index is 14.7. The van der Waals surface area contributed by atoms with E-state index in [0.717, 1.165) is 42.8 Å². The Morgan fingerprint density at radius 1 is 1.13 bits per heavy atom. The molecule has 2 atom stereocenters. The summed E-state index contributed by atoms with van der Waals surface area (Å²) < 4.78 is 42.6. The maximum absolute atomic E-state index is 14.7. The molecule has 10 heteroatoms. The molecule has 1 amide bonds. The molecule has 3 saturated carbocycles. The van der Waals surface area contributed by atoms with Gasteiger partial charge in [0.2, 0.25) is 11.9 Å². The van der Waals surface area contributed by atoms with Crippen LogP contribution in [0.15, 0.2) is 35.4 Å². The summed E-state index contributed by atoms with van der Waals surface area (Å²) in [4.78, 5) is 26.8. The number of carbonyl (C=O) groups is 1. The summed E-state index contributed by atoms with van der Waals surface area (Å²) in [6.07, 6.45) is 6.88. The summed E-state index contributed by atoms with van der Waals surface area (Å²) in [7, 11) is 0.398. The average molecular weight is 542 g/mol. The standard InChI is InChI=1S/C28H33F2N5O2S/c1-17(18-3-4-18)35-23-22(27(9-10-27)24(35)36)15-31-25(33-23)32-19-5-7-20(8-6-19)38(37)21-13-26(14-21)11-12-34(2)16-28(26,29)30/h5-8,15,17-18,21H,3-4,9-14,16H2,1-2H3,(H,31,32,33). The van der Waals surface area contributed by atoms with Crippen LogP contribution in [0.4, 0.5) is 26.2 Å². The number of piperidine rings is 1. The van der Waals surface area contributed by atoms with Crippen molar-refractivity contribution < 1.29 is 17.8 Å². The first-order valence-corrected chi connectivity index (χ1v) is 14.9. The monoisotopic (exact) mass is 541 g/mol. The molecule has 38 heavy (non-hydrogen) atoms. The average Bonchev–Trinajstić information content (AvgIpc) is 3.77. The number of carbonyl (C=O) groups excluding carboxylic acids is 1. The largest absolute Gasteiger partial charge is 0.324 e. The molecular formula is C28H33F2N5O2S. The minimum Gasteiger partial charge on any atom is -0.324 e. The van der Waals surface area contributed by atoms with Gasteiger partial charge >= 0.3 is 0 Å². The van der Waals surface area contributed by atoms with Crippen LogP contribution in [0.2, 0.25) is 0 Å². The first-order valence-electron chi connectivity index (χ1n) is 13.7. The third kappa shape index (κ3) is 3.66. The molecule has 3 heterocycles. The number of alkyl halides is 2. The summed E-state index contributed by atoms with van der Waals surface area (Å²) in [6.45, 7) is 2.56. The number of anilines is 3. The molecule has 2 unspecified atom stereocenters. The van der Waals surface area contributed by atoms with Crippen molar-refractivity contribution >= 4 is 34.2 Å². The van der Waals surface area contributed by atoms with Crippen LogP contribution >= 0.6 is 0 Å². The molecule has 7 rings (SSSR count). The fourth-order valence-corrected chi connectivity index (χ4v) is 8.54. The lowest BCUT2D eigenvalue weighted by Crippen LogP contribution is -2.62. The van der Waals surface area contributed by atoms with Gasteiger partial charge in [0.15, 0.2) is 0 Å². The Hall–Kier alpha value is -2.46. The van der Waals surface area contributed by atoms with Crippen molar-refractivity contribution in [1.29, 1.82) is 0 Å². The molecule has 1 aromatic carbocycles. The second-order valence-corrected chi connectivity index (χ2v) is 13.9. The summed E-state index contributed by atoms with van der Waals surface area (Å²) in [6, 6.07) is 7.35. The normalized spacial score (nSPS) is 30.7. The van der Waals surface area contributed by atoms with Crippen LogP contribution in [0.5, 0.6) is 0 Å². The highest BCUT2D eigenvalue weighted by molar-refractivity contribution is 7.85. The molecule has 2 aliphatic heterocycles. The van der Waals surface area contributed by atoms with Crippen LogP contribution in [0.3, 0.4) is 0 Å². The Kier molecular flexibility index (Phi) is 5.35. The summed E-state index contributed by atoms with van der Waals surface area (Å²) in [5.41, 5.74) is 0.266. The minimum atomic E-state index is -2.74. The highest BCUT2D eigenvalue weighted by Crippen LogP contribution is 2.59. The number of nitrogens with one attached hydrogen (secondary N) is 1. The van der Waals surface area contributed by atoms with E-state index in [1.807, 2.05) is 17.0 Å². The van der Waals surface area contributed by atoms with Gasteiger partial charge in [0.05, 0.1) is 22.8 Å². The fourth-order valence-electron chi connectivity index (χ4n) is 6.81. The predicted molar refractivity (Wildman–Crippen MR) is 141 cm³/mol. The van der Waals surface area contributed by atoms with Crippen molar-refractivity contribution in [2.45, 2.75) is 79.4 Å². The zero-order valence-electron chi connectivity index (χ0n) is 21.8. The zero-order valence-corrected chi connectivity index (χ0v) is 22.6. The molecule has 4 fully saturated rings. The second-order valence-electron chi connectivity index (χ2n) is 12.2. The molecule has 7 nitrogen and oxygen atoms in total. The van der Waals surface area contributed by atoms with Gasteiger partial charge in [-0.3, -0.25) is 13.9 Å². The Labute approximate surface area is 223 Å². The van der Waals surface area contributed by atoms with Crippen molar-refractivity contribution in [3.8, 4) is 0 Å². The second kappa shape index (κ2) is 8.27. The number of amides is 1. The highest BCUT2D eigenvalue weighted by atomic mass is 32.2. The van der Waals surface area contributed by atoms with Crippen molar-refractivity contribution in [3.63, 3.8) is 0 Å². The van der Waals surface area contributed by atoms with Crippen LogP contribution in [-0.4, -0.2) is 62.3 Å². The molecule has 1 aromatic heterocycles. The minimum absolute atomic E-state index is 0.137. The van der Waals surface area contributed by atoms with E-state index in [9.17, 15) is 17.8 Å². The van der Waals surface area contributed by atoms with Gasteiger partial charge in [-0.05, 0) is 95.6 Å². The molecule has 5 aliphatic rings. The third-order valence-electron chi connectivity index (χ3n) is 9.70. The number of benzene rings is 1. The molecule has 1 N–H and O–H groups in total. The van der Waals surface area contributed by atoms with Gasteiger partial charge in [-0.2, -0.15) is 4.98 Å². The summed E-state index contributed by atoms with van der Waals surface area (Å²) in [5, 5.41) is 2.98. The summed E-state index contributed by atoms with van der Waals surface area (Å²) >= 11 is 0. The Morgan fingerprint density at radius 3 is 2.47 bits per heavy atom. The van der Waals surface area contributed by atoms with E-state index in [2.05, 4.69) is 17.2 Å². The molecule has 202 valence electrons. The van der Waals surface area contributed by atoms with Crippen LogP contribution in [0, 0.1) is 11.3 Å². The smallest absolute Gasteiger partial charge is 0.266 e. The number of rotatable bonds is 6. The van der Waals surface area contributed by atoms with E-state index in [4.69, 9.17) is 4.98 Å². The SMILES string of the molecule is CC(C1CC1)N1C(=O)C2(CC2)c2cnc(Nc3ccc(S(=O)C4CC5(CCN(C)CC5(F)F)C4)cc3)nc21. The number of halogens is 2. The van der Waals surface area contributed by atoms with Crippen LogP contribution in [-0.2, 0) is 21.0 Å². The van der Waals surface area contributed by atoms with E-state index in [1.54, 1.807) is 30.3 Å². The Morgan fingerprint density at radius 2 is 1.84 bits per heavy atom. The van der Waals surface area contributed by atoms with Crippen molar-refractivity contribution in [2.75, 3.05) is 30.4 Å². The number of hydrogen-bond acceptors (Lipinski definition) is 6. The van der Waals surface area contributed by atoms with Crippen LogP contribution in [0.25, 0.3) is 0 Å². The Bertz CT molecular complexity index is 1320. The molecule has 2 aromatic rings. The first kappa shape index (κ1) is 24.6. The molecular weight excluding hydrogens is 508 g/mol. The van der Waals surface area contributed by atoms with Gasteiger partial charge < -0.3 is 10.2 Å². The van der Waals surface area contributed by atoms with E-state index >= 15 is 0 Å². The fraction of sp³-hybridized carbons (Fsp3) is 0.607. The molecule has 3 aliphatic carbocycles. The topological polar surface area (TPSA) is 78.4 Å². The van der Waals surface area contributed by atoms with Crippen molar-refractivity contribution in [2.24, 2.45) is 11.3 Å².